The first-order valence-corrected chi connectivity index (χ1v) is 13.2. The number of para-hydroxylation sites is 2. The highest BCUT2D eigenvalue weighted by Gasteiger charge is 2.30. The van der Waals surface area contributed by atoms with Gasteiger partial charge in [-0.3, -0.25) is 9.98 Å². The Bertz CT molecular complexity index is 1670. The zero-order chi connectivity index (χ0) is 27.0. The van der Waals surface area contributed by atoms with Crippen molar-refractivity contribution in [2.24, 2.45) is 4.99 Å². The second kappa shape index (κ2) is 10.2. The lowest BCUT2D eigenvalue weighted by Crippen LogP contribution is -2.19. The van der Waals surface area contributed by atoms with E-state index in [1.807, 2.05) is 60.0 Å². The van der Waals surface area contributed by atoms with Gasteiger partial charge in [0.05, 0.1) is 56.5 Å². The van der Waals surface area contributed by atoms with Gasteiger partial charge in [0, 0.05) is 11.9 Å². The van der Waals surface area contributed by atoms with Gasteiger partial charge in [-0.15, -0.1) is 0 Å². The van der Waals surface area contributed by atoms with Crippen molar-refractivity contribution in [3.05, 3.63) is 95.6 Å². The van der Waals surface area contributed by atoms with Crippen LogP contribution in [0.2, 0.25) is 0 Å². The molecule has 2 aliphatic carbocycles. The van der Waals surface area contributed by atoms with Crippen LogP contribution in [-0.4, -0.2) is 20.6 Å². The van der Waals surface area contributed by atoms with Crippen LogP contribution >= 0.6 is 0 Å². The fourth-order valence-corrected chi connectivity index (χ4v) is 5.29. The van der Waals surface area contributed by atoms with Crippen LogP contribution in [0.3, 0.4) is 0 Å². The molecule has 0 spiro atoms. The van der Waals surface area contributed by atoms with Gasteiger partial charge in [-0.1, -0.05) is 31.4 Å². The van der Waals surface area contributed by atoms with Crippen molar-refractivity contribution in [3.8, 4) is 17.1 Å². The van der Waals surface area contributed by atoms with E-state index in [2.05, 4.69) is 10.3 Å². The highest BCUT2D eigenvalue weighted by molar-refractivity contribution is 5.84. The maximum Gasteiger partial charge on any atom is 0.416 e. The molecular formula is C31H28F3N5. The summed E-state index contributed by atoms with van der Waals surface area (Å²) in [7, 11) is 0. The second-order valence-electron chi connectivity index (χ2n) is 10.0. The number of benzene rings is 3. The van der Waals surface area contributed by atoms with Crippen molar-refractivity contribution in [1.29, 1.82) is 0 Å². The molecule has 1 aliphatic heterocycles. The van der Waals surface area contributed by atoms with Gasteiger partial charge in [-0.25, -0.2) is 4.98 Å². The minimum atomic E-state index is -4.40. The van der Waals surface area contributed by atoms with Gasteiger partial charge in [0.15, 0.2) is 0 Å². The highest BCUT2D eigenvalue weighted by Crippen LogP contribution is 2.33. The number of hydrogen-bond acceptors (Lipinski definition) is 4. The van der Waals surface area contributed by atoms with Crippen LogP contribution in [-0.2, 0) is 6.18 Å². The normalized spacial score (nSPS) is 15.2. The predicted molar refractivity (Wildman–Crippen MR) is 147 cm³/mol. The number of anilines is 2. The lowest BCUT2D eigenvalue weighted by Gasteiger charge is -2.22. The maximum absolute atomic E-state index is 13.3. The van der Waals surface area contributed by atoms with E-state index in [1.54, 1.807) is 6.20 Å². The fraction of sp³-hybridized carbons (Fsp3) is 0.258. The van der Waals surface area contributed by atoms with Crippen LogP contribution < -0.4 is 10.7 Å². The summed E-state index contributed by atoms with van der Waals surface area (Å²) in [4.78, 5) is 14.5. The third-order valence-electron chi connectivity index (χ3n) is 7.32. The standard InChI is InChI=1S/C31H28F3N5/c1-20-24(11-7-17-35-20)37-26-18-28-30(19-27(26)36-22-8-3-2-4-9-22)39(29-12-6-5-10-25(29)38-28)23-15-13-21(14-16-23)31(32,33)34/h5-7,10-19,22,37H,2-4,8-9H2,1H3/b36-27+. The average molecular weight is 528 g/mol. The molecule has 198 valence electrons. The Morgan fingerprint density at radius 1 is 0.897 bits per heavy atom. The quantitative estimate of drug-likeness (QED) is 0.242. The smallest absolute Gasteiger partial charge is 0.352 e. The topological polar surface area (TPSA) is 55.1 Å². The molecule has 8 heteroatoms. The molecule has 1 aromatic heterocycles. The molecule has 0 radical (unpaired) electrons. The average Bonchev–Trinajstić information content (AvgIpc) is 2.93. The molecule has 2 aromatic carbocycles. The summed E-state index contributed by atoms with van der Waals surface area (Å²) in [6, 6.07) is 21.0. The number of pyridine rings is 1. The van der Waals surface area contributed by atoms with Gasteiger partial charge >= 0.3 is 6.18 Å². The SMILES string of the molecule is Cc1ncccc1Nc1cc2nc3ccccc3n(-c3ccc(C(F)(F)F)cc3)c-2c/c1=N\C1CCCCC1. The molecule has 0 bridgehead atoms. The summed E-state index contributed by atoms with van der Waals surface area (Å²) in [6.45, 7) is 1.95. The third-order valence-corrected chi connectivity index (χ3v) is 7.32. The molecule has 0 saturated heterocycles. The van der Waals surface area contributed by atoms with E-state index in [1.165, 1.54) is 18.6 Å². The Morgan fingerprint density at radius 2 is 1.67 bits per heavy atom. The van der Waals surface area contributed by atoms with Gasteiger partial charge in [0.2, 0.25) is 0 Å². The number of aryl methyl sites for hydroxylation is 1. The predicted octanol–water partition coefficient (Wildman–Crippen LogP) is 7.83. The lowest BCUT2D eigenvalue weighted by molar-refractivity contribution is -0.137. The summed E-state index contributed by atoms with van der Waals surface area (Å²) >= 11 is 0. The van der Waals surface area contributed by atoms with Gasteiger partial charge in [0.1, 0.15) is 0 Å². The molecule has 1 saturated carbocycles. The molecule has 2 heterocycles. The molecule has 0 amide bonds. The molecule has 3 aromatic rings. The minimum Gasteiger partial charge on any atom is -0.352 e. The zero-order valence-electron chi connectivity index (χ0n) is 21.5. The third kappa shape index (κ3) is 5.11. The summed E-state index contributed by atoms with van der Waals surface area (Å²) < 4.78 is 41.9. The van der Waals surface area contributed by atoms with Crippen molar-refractivity contribution in [2.75, 3.05) is 5.32 Å². The number of aromatic nitrogens is 3. The van der Waals surface area contributed by atoms with Crippen LogP contribution in [0, 0.1) is 6.92 Å². The van der Waals surface area contributed by atoms with Crippen LogP contribution in [0.4, 0.5) is 24.5 Å². The monoisotopic (exact) mass is 527 g/mol. The maximum atomic E-state index is 13.3. The number of alkyl halides is 3. The number of nitrogens with one attached hydrogen (secondary N) is 1. The van der Waals surface area contributed by atoms with Gasteiger partial charge in [-0.2, -0.15) is 13.2 Å². The highest BCUT2D eigenvalue weighted by atomic mass is 19.4. The number of hydrogen-bond donors (Lipinski definition) is 1. The van der Waals surface area contributed by atoms with E-state index in [-0.39, 0.29) is 6.04 Å². The molecule has 6 rings (SSSR count). The second-order valence-corrected chi connectivity index (χ2v) is 10.0. The molecule has 39 heavy (non-hydrogen) atoms. The Morgan fingerprint density at radius 3 is 2.41 bits per heavy atom. The van der Waals surface area contributed by atoms with Gasteiger partial charge in [-0.05, 0) is 80.4 Å². The van der Waals surface area contributed by atoms with Crippen molar-refractivity contribution < 1.29 is 13.2 Å². The first-order valence-electron chi connectivity index (χ1n) is 13.2. The van der Waals surface area contributed by atoms with Crippen LogP contribution in [0.5, 0.6) is 0 Å². The molecule has 0 unspecified atom stereocenters. The van der Waals surface area contributed by atoms with E-state index in [0.29, 0.717) is 11.4 Å². The Balaban J connectivity index is 1.60. The lowest BCUT2D eigenvalue weighted by atomic mass is 9.96. The summed E-state index contributed by atoms with van der Waals surface area (Å²) in [5, 5.41) is 4.32. The van der Waals surface area contributed by atoms with E-state index in [4.69, 9.17) is 9.98 Å². The van der Waals surface area contributed by atoms with E-state index < -0.39 is 11.7 Å². The Kier molecular flexibility index (Phi) is 6.54. The summed E-state index contributed by atoms with van der Waals surface area (Å²) in [5.41, 5.74) is 5.55. The van der Waals surface area contributed by atoms with Crippen LogP contribution in [0.1, 0.15) is 43.4 Å². The molecule has 5 nitrogen and oxygen atoms in total. The van der Waals surface area contributed by atoms with Crippen LogP contribution in [0.25, 0.3) is 28.1 Å². The van der Waals surface area contributed by atoms with Crippen molar-refractivity contribution in [2.45, 2.75) is 51.2 Å². The van der Waals surface area contributed by atoms with Gasteiger partial charge in [0.25, 0.3) is 0 Å². The van der Waals surface area contributed by atoms with Crippen molar-refractivity contribution >= 4 is 22.4 Å². The summed E-state index contributed by atoms with van der Waals surface area (Å²) in [6.07, 6.45) is 2.98. The van der Waals surface area contributed by atoms with E-state index >= 15 is 0 Å². The van der Waals surface area contributed by atoms with Gasteiger partial charge < -0.3 is 9.88 Å². The number of nitrogens with zero attached hydrogens (tertiary/aromatic N) is 4. The van der Waals surface area contributed by atoms with E-state index in [0.717, 1.165) is 77.0 Å². The molecular weight excluding hydrogens is 499 g/mol. The summed E-state index contributed by atoms with van der Waals surface area (Å²) in [5.74, 6) is 0. The first kappa shape index (κ1) is 25.1. The first-order chi connectivity index (χ1) is 18.9. The zero-order valence-corrected chi connectivity index (χ0v) is 21.5. The molecule has 1 N–H and O–H groups in total. The van der Waals surface area contributed by atoms with Crippen molar-refractivity contribution in [3.63, 3.8) is 0 Å². The Hall–Kier alpha value is -4.20. The number of fused-ring (bicyclic) bond motifs is 2. The molecule has 1 fully saturated rings. The fourth-order valence-electron chi connectivity index (χ4n) is 5.29. The minimum absolute atomic E-state index is 0.222. The number of halogens is 3. The van der Waals surface area contributed by atoms with Crippen molar-refractivity contribution in [1.82, 2.24) is 14.5 Å². The molecule has 3 aliphatic rings. The number of rotatable bonds is 4. The largest absolute Gasteiger partial charge is 0.416 e. The van der Waals surface area contributed by atoms with Crippen LogP contribution in [0.15, 0.2) is 84.0 Å². The Labute approximate surface area is 224 Å². The van der Waals surface area contributed by atoms with E-state index in [9.17, 15) is 13.2 Å². The molecule has 0 atom stereocenters.